The summed E-state index contributed by atoms with van der Waals surface area (Å²) in [7, 11) is 0. The molecule has 1 aliphatic rings. The fourth-order valence-corrected chi connectivity index (χ4v) is 4.88. The van der Waals surface area contributed by atoms with Crippen LogP contribution in [-0.4, -0.2) is 56.3 Å². The predicted octanol–water partition coefficient (Wildman–Crippen LogP) is 6.77. The highest BCUT2D eigenvalue weighted by molar-refractivity contribution is 5.82. The first kappa shape index (κ1) is 32.0. The zero-order valence-corrected chi connectivity index (χ0v) is 23.8. The summed E-state index contributed by atoms with van der Waals surface area (Å²) in [6.07, 6.45) is -2.94. The van der Waals surface area contributed by atoms with Crippen LogP contribution in [0.4, 0.5) is 13.2 Å². The number of alkyl halides is 3. The Kier molecular flexibility index (Phi) is 12.0. The number of nitrogens with one attached hydrogen (secondary N) is 1. The summed E-state index contributed by atoms with van der Waals surface area (Å²) in [6.45, 7) is 4.37. The van der Waals surface area contributed by atoms with E-state index in [9.17, 15) is 13.2 Å². The number of hydrogen-bond donors (Lipinski definition) is 2. The minimum Gasteiger partial charge on any atom is -0.491 e. The second-order valence-corrected chi connectivity index (χ2v) is 10.2. The maximum atomic E-state index is 10.6. The molecule has 2 atom stereocenters. The molecule has 6 nitrogen and oxygen atoms in total. The van der Waals surface area contributed by atoms with Crippen LogP contribution < -0.4 is 10.1 Å². The van der Waals surface area contributed by atoms with Crippen LogP contribution in [-0.2, 0) is 27.3 Å². The molecule has 5 rings (SSSR count). The first-order valence-electron chi connectivity index (χ1n) is 14.2. The normalized spacial score (nSPS) is 16.7. The molecule has 1 aliphatic heterocycles. The number of fused-ring (bicyclic) bond motifs is 1. The number of ether oxygens (including phenoxy) is 3. The van der Waals surface area contributed by atoms with Gasteiger partial charge in [-0.3, -0.25) is 0 Å². The molecule has 0 amide bonds. The number of hydrogen-bond acceptors (Lipinski definition) is 5. The van der Waals surface area contributed by atoms with Crippen LogP contribution in [0.1, 0.15) is 29.0 Å². The first-order chi connectivity index (χ1) is 20.8. The van der Waals surface area contributed by atoms with Crippen molar-refractivity contribution in [3.8, 4) is 5.75 Å². The van der Waals surface area contributed by atoms with Crippen molar-refractivity contribution in [2.45, 2.75) is 37.6 Å². The van der Waals surface area contributed by atoms with Crippen molar-refractivity contribution in [2.75, 3.05) is 32.9 Å². The molecule has 0 saturated carbocycles. The minimum atomic E-state index is -5.08. The molecule has 4 aromatic carbocycles. The number of aliphatic carboxylic acids is 1. The second kappa shape index (κ2) is 16.1. The number of piperidine rings is 1. The summed E-state index contributed by atoms with van der Waals surface area (Å²) >= 11 is 0. The van der Waals surface area contributed by atoms with Gasteiger partial charge >= 0.3 is 12.1 Å². The molecule has 9 heteroatoms. The Morgan fingerprint density at radius 2 is 1.53 bits per heavy atom. The van der Waals surface area contributed by atoms with Crippen LogP contribution in [0.3, 0.4) is 0 Å². The fourth-order valence-electron chi connectivity index (χ4n) is 4.88. The van der Waals surface area contributed by atoms with E-state index in [-0.39, 0.29) is 6.10 Å². The van der Waals surface area contributed by atoms with E-state index in [1.807, 2.05) is 6.07 Å². The highest BCUT2D eigenvalue weighted by Gasteiger charge is 2.38. The molecule has 228 valence electrons. The smallest absolute Gasteiger partial charge is 0.490 e. The van der Waals surface area contributed by atoms with Crippen molar-refractivity contribution in [1.82, 2.24) is 5.32 Å². The van der Waals surface area contributed by atoms with Crippen molar-refractivity contribution < 1.29 is 37.3 Å². The second-order valence-electron chi connectivity index (χ2n) is 10.2. The van der Waals surface area contributed by atoms with E-state index < -0.39 is 12.1 Å². The number of carboxylic acid groups (broad SMARTS) is 1. The zero-order valence-electron chi connectivity index (χ0n) is 23.8. The van der Waals surface area contributed by atoms with Crippen LogP contribution in [0, 0.1) is 0 Å². The van der Waals surface area contributed by atoms with Crippen molar-refractivity contribution in [2.24, 2.45) is 0 Å². The Bertz CT molecular complexity index is 1410. The zero-order chi connectivity index (χ0) is 30.5. The third-order valence-corrected chi connectivity index (χ3v) is 7.13. The maximum Gasteiger partial charge on any atom is 0.490 e. The first-order valence-corrected chi connectivity index (χ1v) is 14.2. The van der Waals surface area contributed by atoms with E-state index in [1.54, 1.807) is 0 Å². The molecular formula is C34H36F3NO5. The third kappa shape index (κ3) is 10.4. The molecule has 0 aromatic heterocycles. The molecule has 2 N–H and O–H groups in total. The van der Waals surface area contributed by atoms with Gasteiger partial charge < -0.3 is 24.6 Å². The van der Waals surface area contributed by atoms with Crippen molar-refractivity contribution >= 4 is 16.7 Å². The van der Waals surface area contributed by atoms with Gasteiger partial charge in [-0.05, 0) is 65.0 Å². The van der Waals surface area contributed by atoms with Gasteiger partial charge in [0.15, 0.2) is 0 Å². The Morgan fingerprint density at radius 3 is 2.26 bits per heavy atom. The van der Waals surface area contributed by atoms with Crippen molar-refractivity contribution in [3.05, 3.63) is 114 Å². The molecule has 1 heterocycles. The molecule has 0 bridgehead atoms. The van der Waals surface area contributed by atoms with Gasteiger partial charge in [-0.1, -0.05) is 78.9 Å². The number of benzene rings is 4. The largest absolute Gasteiger partial charge is 0.491 e. The molecule has 43 heavy (non-hydrogen) atoms. The lowest BCUT2D eigenvalue weighted by atomic mass is 9.87. The lowest BCUT2D eigenvalue weighted by Crippen LogP contribution is -2.40. The van der Waals surface area contributed by atoms with E-state index in [0.29, 0.717) is 32.3 Å². The van der Waals surface area contributed by atoms with E-state index in [1.165, 1.54) is 27.5 Å². The van der Waals surface area contributed by atoms with E-state index in [2.05, 4.69) is 96.3 Å². The minimum absolute atomic E-state index is 0.148. The van der Waals surface area contributed by atoms with Crippen LogP contribution in [0.2, 0.25) is 0 Å². The van der Waals surface area contributed by atoms with Crippen molar-refractivity contribution in [3.63, 3.8) is 0 Å². The van der Waals surface area contributed by atoms with Crippen LogP contribution in [0.25, 0.3) is 10.8 Å². The van der Waals surface area contributed by atoms with E-state index in [0.717, 1.165) is 31.7 Å². The monoisotopic (exact) mass is 595 g/mol. The highest BCUT2D eigenvalue weighted by atomic mass is 19.4. The van der Waals surface area contributed by atoms with Gasteiger partial charge in [-0.2, -0.15) is 13.2 Å². The summed E-state index contributed by atoms with van der Waals surface area (Å²) < 4.78 is 49.8. The molecule has 0 spiro atoms. The lowest BCUT2D eigenvalue weighted by Gasteiger charge is -2.32. The van der Waals surface area contributed by atoms with Gasteiger partial charge in [0.25, 0.3) is 0 Å². The molecule has 0 radical (unpaired) electrons. The molecule has 4 aromatic rings. The fraction of sp³-hybridized carbons (Fsp3) is 0.324. The average Bonchev–Trinajstić information content (AvgIpc) is 3.02. The molecule has 1 fully saturated rings. The number of carbonyl (C=O) groups is 1. The van der Waals surface area contributed by atoms with Gasteiger partial charge in [0.2, 0.25) is 0 Å². The highest BCUT2D eigenvalue weighted by Crippen LogP contribution is 2.30. The van der Waals surface area contributed by atoms with Gasteiger partial charge in [0, 0.05) is 12.5 Å². The molecule has 1 saturated heterocycles. The summed E-state index contributed by atoms with van der Waals surface area (Å²) in [5.74, 6) is -1.50. The van der Waals surface area contributed by atoms with Crippen LogP contribution >= 0.6 is 0 Å². The average molecular weight is 596 g/mol. The topological polar surface area (TPSA) is 77.0 Å². The third-order valence-electron chi connectivity index (χ3n) is 7.13. The van der Waals surface area contributed by atoms with Gasteiger partial charge in [-0.15, -0.1) is 0 Å². The predicted molar refractivity (Wildman–Crippen MR) is 159 cm³/mol. The molecule has 2 unspecified atom stereocenters. The van der Waals surface area contributed by atoms with Crippen LogP contribution in [0.15, 0.2) is 97.1 Å². The lowest BCUT2D eigenvalue weighted by molar-refractivity contribution is -0.192. The quantitative estimate of drug-likeness (QED) is 0.186. The number of rotatable bonds is 11. The van der Waals surface area contributed by atoms with E-state index in [4.69, 9.17) is 24.1 Å². The Labute approximate surface area is 249 Å². The van der Waals surface area contributed by atoms with Crippen molar-refractivity contribution in [1.29, 1.82) is 0 Å². The van der Waals surface area contributed by atoms with Gasteiger partial charge in [0.05, 0.1) is 25.9 Å². The molecular weight excluding hydrogens is 559 g/mol. The Morgan fingerprint density at radius 1 is 0.837 bits per heavy atom. The van der Waals surface area contributed by atoms with Crippen LogP contribution in [0.5, 0.6) is 5.75 Å². The maximum absolute atomic E-state index is 10.6. The van der Waals surface area contributed by atoms with E-state index >= 15 is 0 Å². The number of halogens is 3. The Hall–Kier alpha value is -3.92. The summed E-state index contributed by atoms with van der Waals surface area (Å²) in [5, 5.41) is 13.2. The summed E-state index contributed by atoms with van der Waals surface area (Å²) in [4.78, 5) is 8.90. The van der Waals surface area contributed by atoms with Gasteiger partial charge in [-0.25, -0.2) is 4.79 Å². The molecule has 0 aliphatic carbocycles. The summed E-state index contributed by atoms with van der Waals surface area (Å²) in [5.41, 5.74) is 3.82. The SMILES string of the molecule is O=C(O)C(F)(F)F.c1ccc(CCOCCOc2ccc(C3CCNCC3OCc3ccc4ccccc4c3)cc2)cc1. The van der Waals surface area contributed by atoms with Gasteiger partial charge in [0.1, 0.15) is 12.4 Å². The standard InChI is InChI=1S/C32H35NO3.C2HF3O2/c1-2-6-25(7-3-1)17-19-34-20-21-35-30-14-12-28(13-15-30)31-16-18-33-23-32(31)36-24-26-10-11-27-8-4-5-9-29(27)22-26;3-2(4,5)1(6)7/h1-15,22,31-33H,16-21,23-24H2;(H,6,7). The number of carboxylic acids is 1. The Balaban J connectivity index is 0.000000541. The summed E-state index contributed by atoms with van der Waals surface area (Å²) in [6, 6.07) is 34.0.